The third kappa shape index (κ3) is 2.12. The molecule has 1 unspecified atom stereocenters. The number of halogens is 4. The van der Waals surface area contributed by atoms with Crippen molar-refractivity contribution < 1.29 is 17.6 Å². The van der Waals surface area contributed by atoms with E-state index in [4.69, 9.17) is 17.2 Å². The van der Waals surface area contributed by atoms with Crippen LogP contribution in [0.2, 0.25) is 0 Å². The molecular weight excluding hydrogens is 226 g/mol. The number of hydrogen-bond acceptors (Lipinski definition) is 3. The average molecular weight is 237 g/mol. The van der Waals surface area contributed by atoms with E-state index < -0.39 is 34.5 Å². The normalized spacial score (nSPS) is 27.3. The Balaban J connectivity index is 3.45. The van der Waals surface area contributed by atoms with Crippen LogP contribution in [0, 0.1) is 0 Å². The predicted octanol–water partition coefficient (Wildman–Crippen LogP) is 1.19. The molecule has 7 heteroatoms. The first kappa shape index (κ1) is 12.4. The Hall–Kier alpha value is -1.66. The number of rotatable bonds is 0. The van der Waals surface area contributed by atoms with E-state index >= 15 is 0 Å². The highest BCUT2D eigenvalue weighted by Gasteiger charge is 2.39. The van der Waals surface area contributed by atoms with E-state index in [9.17, 15) is 17.6 Å². The van der Waals surface area contributed by atoms with Crippen molar-refractivity contribution >= 4 is 0 Å². The Bertz CT molecular complexity index is 401. The molecule has 0 aliphatic heterocycles. The van der Waals surface area contributed by atoms with Crippen LogP contribution in [0.15, 0.2) is 34.8 Å². The molecule has 0 saturated carbocycles. The summed E-state index contributed by atoms with van der Waals surface area (Å²) in [6.45, 7) is 0.998. The van der Waals surface area contributed by atoms with Crippen molar-refractivity contribution in [3.63, 3.8) is 0 Å². The van der Waals surface area contributed by atoms with Gasteiger partial charge >= 0.3 is 6.18 Å². The molecule has 3 nitrogen and oxygen atoms in total. The van der Waals surface area contributed by atoms with Gasteiger partial charge in [0, 0.05) is 0 Å². The first-order valence-electron chi connectivity index (χ1n) is 4.28. The topological polar surface area (TPSA) is 78.1 Å². The molecule has 0 aromatic carbocycles. The molecule has 0 bridgehead atoms. The van der Waals surface area contributed by atoms with E-state index in [0.717, 1.165) is 13.0 Å². The lowest BCUT2D eigenvalue weighted by Gasteiger charge is -2.15. The Kier molecular flexibility index (Phi) is 2.66. The summed E-state index contributed by atoms with van der Waals surface area (Å²) in [5.41, 5.74) is 10.4. The van der Waals surface area contributed by atoms with Crippen LogP contribution in [0.4, 0.5) is 17.6 Å². The van der Waals surface area contributed by atoms with Crippen molar-refractivity contribution in [2.75, 3.05) is 0 Å². The van der Waals surface area contributed by atoms with Crippen molar-refractivity contribution in [3.8, 4) is 0 Å². The summed E-state index contributed by atoms with van der Waals surface area (Å²) in [6, 6.07) is 0. The molecule has 1 atom stereocenters. The highest BCUT2D eigenvalue weighted by Crippen LogP contribution is 2.34. The van der Waals surface area contributed by atoms with Crippen molar-refractivity contribution in [2.45, 2.75) is 18.8 Å². The van der Waals surface area contributed by atoms with E-state index in [1.54, 1.807) is 0 Å². The Morgan fingerprint density at radius 1 is 1.19 bits per heavy atom. The van der Waals surface area contributed by atoms with Gasteiger partial charge in [-0.25, -0.2) is 4.39 Å². The maximum atomic E-state index is 13.7. The monoisotopic (exact) mass is 237 g/mol. The second-order valence-electron chi connectivity index (χ2n) is 3.60. The van der Waals surface area contributed by atoms with Crippen LogP contribution in [0.3, 0.4) is 0 Å². The molecule has 0 heterocycles. The van der Waals surface area contributed by atoms with Crippen LogP contribution < -0.4 is 17.2 Å². The third-order valence-corrected chi connectivity index (χ3v) is 2.20. The van der Waals surface area contributed by atoms with Gasteiger partial charge in [-0.3, -0.25) is 0 Å². The summed E-state index contributed by atoms with van der Waals surface area (Å²) in [5, 5.41) is 0. The third-order valence-electron chi connectivity index (χ3n) is 2.20. The summed E-state index contributed by atoms with van der Waals surface area (Å²) in [7, 11) is 0. The Morgan fingerprint density at radius 2 is 1.69 bits per heavy atom. The SMILES string of the molecule is CC1(F)C=C(N)C(N)=C(C(F)(F)F)C=C1N. The predicted molar refractivity (Wildman–Crippen MR) is 51.3 cm³/mol. The zero-order valence-corrected chi connectivity index (χ0v) is 8.40. The summed E-state index contributed by atoms with van der Waals surface area (Å²) >= 11 is 0. The molecule has 0 fully saturated rings. The number of allylic oxidation sites excluding steroid dienone is 3. The molecule has 0 amide bonds. The van der Waals surface area contributed by atoms with E-state index in [2.05, 4.69) is 0 Å². The molecule has 90 valence electrons. The average Bonchev–Trinajstić information content (AvgIpc) is 2.15. The van der Waals surface area contributed by atoms with Gasteiger partial charge in [0.1, 0.15) is 0 Å². The number of hydrogen-bond donors (Lipinski definition) is 3. The van der Waals surface area contributed by atoms with Gasteiger partial charge in [0.2, 0.25) is 0 Å². The largest absolute Gasteiger partial charge is 0.418 e. The highest BCUT2D eigenvalue weighted by atomic mass is 19.4. The second kappa shape index (κ2) is 3.43. The Labute approximate surface area is 89.3 Å². The summed E-state index contributed by atoms with van der Waals surface area (Å²) in [5.74, 6) is 0. The molecule has 0 aromatic heterocycles. The van der Waals surface area contributed by atoms with Crippen molar-refractivity contribution in [1.82, 2.24) is 0 Å². The minimum atomic E-state index is -4.73. The van der Waals surface area contributed by atoms with Crippen molar-refractivity contribution in [2.24, 2.45) is 17.2 Å². The summed E-state index contributed by atoms with van der Waals surface area (Å²) in [4.78, 5) is 0. The smallest absolute Gasteiger partial charge is 0.399 e. The minimum absolute atomic E-state index is 0.464. The second-order valence-corrected chi connectivity index (χ2v) is 3.60. The van der Waals surface area contributed by atoms with Crippen LogP contribution >= 0.6 is 0 Å². The molecule has 1 aliphatic carbocycles. The quantitative estimate of drug-likeness (QED) is 0.554. The van der Waals surface area contributed by atoms with E-state index in [0.29, 0.717) is 6.08 Å². The fourth-order valence-corrected chi connectivity index (χ4v) is 1.22. The van der Waals surface area contributed by atoms with Crippen LogP contribution in [0.25, 0.3) is 0 Å². The fraction of sp³-hybridized carbons (Fsp3) is 0.333. The van der Waals surface area contributed by atoms with Crippen LogP contribution in [0.5, 0.6) is 0 Å². The minimum Gasteiger partial charge on any atom is -0.399 e. The molecule has 0 saturated heterocycles. The van der Waals surface area contributed by atoms with Gasteiger partial charge in [0.25, 0.3) is 0 Å². The lowest BCUT2D eigenvalue weighted by atomic mass is 10.0. The van der Waals surface area contributed by atoms with Gasteiger partial charge in [-0.05, 0) is 19.1 Å². The van der Waals surface area contributed by atoms with Crippen LogP contribution in [-0.2, 0) is 0 Å². The molecular formula is C9H11F4N3. The van der Waals surface area contributed by atoms with E-state index in [1.165, 1.54) is 0 Å². The van der Waals surface area contributed by atoms with E-state index in [-0.39, 0.29) is 0 Å². The molecule has 0 radical (unpaired) electrons. The van der Waals surface area contributed by atoms with Gasteiger partial charge in [-0.2, -0.15) is 13.2 Å². The molecule has 1 aliphatic rings. The lowest BCUT2D eigenvalue weighted by Crippen LogP contribution is -2.25. The zero-order valence-electron chi connectivity index (χ0n) is 8.40. The molecule has 0 aromatic rings. The summed E-state index contributed by atoms with van der Waals surface area (Å²) < 4.78 is 51.3. The maximum absolute atomic E-state index is 13.7. The molecule has 16 heavy (non-hydrogen) atoms. The van der Waals surface area contributed by atoms with Gasteiger partial charge in [-0.15, -0.1) is 0 Å². The zero-order chi connectivity index (χ0) is 12.7. The summed E-state index contributed by atoms with van der Waals surface area (Å²) in [6.07, 6.45) is -3.51. The van der Waals surface area contributed by atoms with E-state index in [1.807, 2.05) is 0 Å². The van der Waals surface area contributed by atoms with Gasteiger partial charge < -0.3 is 17.2 Å². The molecule has 1 rings (SSSR count). The first-order valence-corrected chi connectivity index (χ1v) is 4.28. The Morgan fingerprint density at radius 3 is 2.12 bits per heavy atom. The van der Waals surface area contributed by atoms with Gasteiger partial charge in [0.15, 0.2) is 5.67 Å². The number of alkyl halides is 4. The molecule has 0 spiro atoms. The van der Waals surface area contributed by atoms with Gasteiger partial charge in [0.05, 0.1) is 22.7 Å². The van der Waals surface area contributed by atoms with Crippen LogP contribution in [-0.4, -0.2) is 11.8 Å². The highest BCUT2D eigenvalue weighted by molar-refractivity contribution is 5.47. The lowest BCUT2D eigenvalue weighted by molar-refractivity contribution is -0.0890. The van der Waals surface area contributed by atoms with Crippen molar-refractivity contribution in [3.05, 3.63) is 34.8 Å². The fourth-order valence-electron chi connectivity index (χ4n) is 1.22. The van der Waals surface area contributed by atoms with Gasteiger partial charge in [-0.1, -0.05) is 0 Å². The standard InChI is InChI=1S/C9H11F4N3/c1-8(10)3-5(14)7(16)4(2-6(8)15)9(11,12)13/h2-3H,14-16H2,1H3. The van der Waals surface area contributed by atoms with Crippen LogP contribution in [0.1, 0.15) is 6.92 Å². The first-order chi connectivity index (χ1) is 7.05. The molecule has 6 N–H and O–H groups in total. The number of nitrogens with two attached hydrogens (primary N) is 3. The maximum Gasteiger partial charge on any atom is 0.418 e. The van der Waals surface area contributed by atoms with Crippen molar-refractivity contribution in [1.29, 1.82) is 0 Å².